The second kappa shape index (κ2) is 7.00. The highest BCUT2D eigenvalue weighted by molar-refractivity contribution is 5.48. The predicted molar refractivity (Wildman–Crippen MR) is 96.5 cm³/mol. The highest BCUT2D eigenvalue weighted by Crippen LogP contribution is 2.13. The molecule has 124 valence electrons. The molecule has 0 fully saturated rings. The zero-order chi connectivity index (χ0) is 16.9. The fraction of sp³-hybridized carbons (Fsp3) is 0.105. The monoisotopic (exact) mass is 330 g/mol. The van der Waals surface area contributed by atoms with E-state index < -0.39 is 0 Å². The van der Waals surface area contributed by atoms with Crippen LogP contribution >= 0.6 is 0 Å². The van der Waals surface area contributed by atoms with Gasteiger partial charge >= 0.3 is 0 Å². The summed E-state index contributed by atoms with van der Waals surface area (Å²) < 4.78 is 3.89. The summed E-state index contributed by atoms with van der Waals surface area (Å²) in [6.07, 6.45) is 7.06. The van der Waals surface area contributed by atoms with Crippen LogP contribution in [-0.4, -0.2) is 24.3 Å². The maximum absolute atomic E-state index is 4.46. The van der Waals surface area contributed by atoms with E-state index in [4.69, 9.17) is 0 Å². The molecule has 0 aliphatic carbocycles. The van der Waals surface area contributed by atoms with Gasteiger partial charge in [0.25, 0.3) is 0 Å². The van der Waals surface area contributed by atoms with E-state index >= 15 is 0 Å². The van der Waals surface area contributed by atoms with Gasteiger partial charge in [-0.15, -0.1) is 0 Å². The molecule has 0 radical (unpaired) electrons. The van der Waals surface area contributed by atoms with E-state index in [1.165, 1.54) is 11.9 Å². The molecular weight excluding hydrogens is 312 g/mol. The standard InChI is InChI=1S/C19H18N6/c1-2-4-16(5-3-1)13-24-11-10-21-19(24)12-22-17-6-8-18(9-7-17)25-15-20-14-23-25/h1-11,14-15,22H,12-13H2. The molecule has 0 aliphatic rings. The Labute approximate surface area is 145 Å². The molecule has 0 aliphatic heterocycles. The fourth-order valence-electron chi connectivity index (χ4n) is 2.69. The molecule has 0 bridgehead atoms. The predicted octanol–water partition coefficient (Wildman–Crippen LogP) is 3.12. The summed E-state index contributed by atoms with van der Waals surface area (Å²) in [5, 5.41) is 7.54. The Morgan fingerprint density at radius 2 is 1.80 bits per heavy atom. The lowest BCUT2D eigenvalue weighted by molar-refractivity contribution is 0.735. The summed E-state index contributed by atoms with van der Waals surface area (Å²) in [6, 6.07) is 18.5. The van der Waals surface area contributed by atoms with Crippen LogP contribution in [0.4, 0.5) is 5.69 Å². The van der Waals surface area contributed by atoms with Crippen molar-refractivity contribution < 1.29 is 0 Å². The summed E-state index contributed by atoms with van der Waals surface area (Å²) in [5.74, 6) is 1.00. The minimum Gasteiger partial charge on any atom is -0.378 e. The molecule has 4 rings (SSSR count). The Bertz CT molecular complexity index is 910. The fourth-order valence-corrected chi connectivity index (χ4v) is 2.69. The first kappa shape index (κ1) is 15.1. The molecule has 2 aromatic heterocycles. The van der Waals surface area contributed by atoms with Gasteiger partial charge in [0, 0.05) is 24.6 Å². The molecule has 0 amide bonds. The van der Waals surface area contributed by atoms with Crippen molar-refractivity contribution >= 4 is 5.69 Å². The summed E-state index contributed by atoms with van der Waals surface area (Å²) in [4.78, 5) is 8.42. The maximum Gasteiger partial charge on any atom is 0.138 e. The van der Waals surface area contributed by atoms with Crippen LogP contribution in [0.2, 0.25) is 0 Å². The Balaban J connectivity index is 1.41. The van der Waals surface area contributed by atoms with Crippen molar-refractivity contribution in [2.24, 2.45) is 0 Å². The van der Waals surface area contributed by atoms with Gasteiger partial charge in [-0.1, -0.05) is 30.3 Å². The number of anilines is 1. The smallest absolute Gasteiger partial charge is 0.138 e. The van der Waals surface area contributed by atoms with E-state index in [2.05, 4.69) is 49.2 Å². The highest BCUT2D eigenvalue weighted by atomic mass is 15.3. The van der Waals surface area contributed by atoms with E-state index in [0.29, 0.717) is 6.54 Å². The summed E-state index contributed by atoms with van der Waals surface area (Å²) in [5.41, 5.74) is 3.28. The average Bonchev–Trinajstić information content (AvgIpc) is 3.33. The first-order valence-electron chi connectivity index (χ1n) is 8.11. The van der Waals surface area contributed by atoms with Gasteiger partial charge in [0.1, 0.15) is 18.5 Å². The first-order chi connectivity index (χ1) is 12.4. The van der Waals surface area contributed by atoms with Crippen LogP contribution in [0.25, 0.3) is 5.69 Å². The molecule has 2 aromatic carbocycles. The van der Waals surface area contributed by atoms with Crippen LogP contribution in [-0.2, 0) is 13.1 Å². The lowest BCUT2D eigenvalue weighted by Crippen LogP contribution is -2.09. The van der Waals surface area contributed by atoms with Crippen LogP contribution in [0.1, 0.15) is 11.4 Å². The molecule has 6 nitrogen and oxygen atoms in total. The van der Waals surface area contributed by atoms with Gasteiger partial charge in [0.05, 0.1) is 12.2 Å². The third-order valence-electron chi connectivity index (χ3n) is 4.00. The van der Waals surface area contributed by atoms with Crippen molar-refractivity contribution in [3.63, 3.8) is 0 Å². The second-order valence-corrected chi connectivity index (χ2v) is 5.70. The summed E-state index contributed by atoms with van der Waals surface area (Å²) in [7, 11) is 0. The Morgan fingerprint density at radius 1 is 0.960 bits per heavy atom. The van der Waals surface area contributed by atoms with E-state index in [9.17, 15) is 0 Å². The van der Waals surface area contributed by atoms with Crippen molar-refractivity contribution in [2.75, 3.05) is 5.32 Å². The number of nitrogens with one attached hydrogen (secondary N) is 1. The third kappa shape index (κ3) is 3.58. The van der Waals surface area contributed by atoms with Crippen LogP contribution < -0.4 is 5.32 Å². The molecule has 1 N–H and O–H groups in total. The quantitative estimate of drug-likeness (QED) is 0.590. The van der Waals surface area contributed by atoms with Crippen molar-refractivity contribution in [3.8, 4) is 5.69 Å². The number of rotatable bonds is 6. The Hall–Kier alpha value is -3.41. The number of nitrogens with zero attached hydrogens (tertiary/aromatic N) is 5. The van der Waals surface area contributed by atoms with Gasteiger partial charge in [0.2, 0.25) is 0 Å². The molecule has 4 aromatic rings. The molecule has 25 heavy (non-hydrogen) atoms. The zero-order valence-corrected chi connectivity index (χ0v) is 13.7. The van der Waals surface area contributed by atoms with Gasteiger partial charge < -0.3 is 9.88 Å². The second-order valence-electron chi connectivity index (χ2n) is 5.70. The SMILES string of the molecule is c1ccc(Cn2ccnc2CNc2ccc(-n3cncn3)cc2)cc1. The molecule has 0 spiro atoms. The minimum absolute atomic E-state index is 0.669. The molecule has 0 saturated heterocycles. The summed E-state index contributed by atoms with van der Waals surface area (Å²) >= 11 is 0. The highest BCUT2D eigenvalue weighted by Gasteiger charge is 2.04. The van der Waals surface area contributed by atoms with Crippen molar-refractivity contribution in [1.29, 1.82) is 0 Å². The van der Waals surface area contributed by atoms with Crippen molar-refractivity contribution in [3.05, 3.63) is 91.0 Å². The normalized spacial score (nSPS) is 10.7. The number of aromatic nitrogens is 5. The van der Waals surface area contributed by atoms with E-state index in [1.54, 1.807) is 11.0 Å². The van der Waals surface area contributed by atoms with Crippen LogP contribution in [0, 0.1) is 0 Å². The van der Waals surface area contributed by atoms with Gasteiger partial charge in [-0.05, 0) is 29.8 Å². The Morgan fingerprint density at radius 3 is 2.56 bits per heavy atom. The van der Waals surface area contributed by atoms with Crippen LogP contribution in [0.5, 0.6) is 0 Å². The van der Waals surface area contributed by atoms with E-state index in [1.807, 2.05) is 42.7 Å². The number of hydrogen-bond acceptors (Lipinski definition) is 4. The van der Waals surface area contributed by atoms with Gasteiger partial charge in [0.15, 0.2) is 0 Å². The van der Waals surface area contributed by atoms with Crippen molar-refractivity contribution in [1.82, 2.24) is 24.3 Å². The lowest BCUT2D eigenvalue weighted by Gasteiger charge is -2.10. The molecule has 0 unspecified atom stereocenters. The third-order valence-corrected chi connectivity index (χ3v) is 4.00. The number of hydrogen-bond donors (Lipinski definition) is 1. The lowest BCUT2D eigenvalue weighted by atomic mass is 10.2. The van der Waals surface area contributed by atoms with Gasteiger partial charge in [-0.3, -0.25) is 0 Å². The molecule has 6 heteroatoms. The molecule has 2 heterocycles. The van der Waals surface area contributed by atoms with E-state index in [0.717, 1.165) is 23.7 Å². The van der Waals surface area contributed by atoms with Crippen LogP contribution in [0.15, 0.2) is 79.6 Å². The van der Waals surface area contributed by atoms with E-state index in [-0.39, 0.29) is 0 Å². The first-order valence-corrected chi connectivity index (χ1v) is 8.11. The molecular formula is C19H18N6. The minimum atomic E-state index is 0.669. The van der Waals surface area contributed by atoms with Gasteiger partial charge in [-0.2, -0.15) is 5.10 Å². The Kier molecular flexibility index (Phi) is 4.24. The number of benzene rings is 2. The van der Waals surface area contributed by atoms with Gasteiger partial charge in [-0.25, -0.2) is 14.6 Å². The van der Waals surface area contributed by atoms with Crippen molar-refractivity contribution in [2.45, 2.75) is 13.1 Å². The maximum atomic E-state index is 4.46. The molecule has 0 saturated carbocycles. The average molecular weight is 330 g/mol. The largest absolute Gasteiger partial charge is 0.378 e. The topological polar surface area (TPSA) is 60.6 Å². The zero-order valence-electron chi connectivity index (χ0n) is 13.7. The van der Waals surface area contributed by atoms with Crippen LogP contribution in [0.3, 0.4) is 0 Å². The molecule has 0 atom stereocenters. The summed E-state index contributed by atoms with van der Waals surface area (Å²) in [6.45, 7) is 1.49. The number of imidazole rings is 1.